The molecule has 1 aliphatic rings. The lowest BCUT2D eigenvalue weighted by molar-refractivity contribution is 0.279. The molecule has 0 fully saturated rings. The lowest BCUT2D eigenvalue weighted by Gasteiger charge is -2.18. The highest BCUT2D eigenvalue weighted by Gasteiger charge is 2.16. The van der Waals surface area contributed by atoms with Crippen LogP contribution in [0.3, 0.4) is 0 Å². The number of anilines is 1. The molecule has 1 aromatic carbocycles. The van der Waals surface area contributed by atoms with Crippen LogP contribution in [0.1, 0.15) is 16.7 Å². The molecule has 0 spiro atoms. The first-order chi connectivity index (χ1) is 10.7. The Bertz CT molecular complexity index is 774. The first kappa shape index (κ1) is 13.7. The van der Waals surface area contributed by atoms with Gasteiger partial charge < -0.3 is 5.73 Å². The van der Waals surface area contributed by atoms with E-state index in [0.717, 1.165) is 38.0 Å². The zero-order valence-electron chi connectivity index (χ0n) is 12.6. The van der Waals surface area contributed by atoms with Crippen LogP contribution in [0, 0.1) is 0 Å². The van der Waals surface area contributed by atoms with Gasteiger partial charge in [-0.1, -0.05) is 11.3 Å². The molecule has 2 N–H and O–H groups in total. The molecule has 2 aromatic heterocycles. The first-order valence-electron chi connectivity index (χ1n) is 7.55. The van der Waals surface area contributed by atoms with E-state index in [9.17, 15) is 0 Å². The SMILES string of the molecule is [13CH3][15n]1cc([13CH2]N2CCc3cc4nc(N)sc4cc3CC2)c[15n]1. The second-order valence-corrected chi connectivity index (χ2v) is 7.00. The number of rotatable bonds is 2. The van der Waals surface area contributed by atoms with Crippen molar-refractivity contribution in [1.29, 1.82) is 0 Å². The molecule has 0 radical (unpaired) electrons. The summed E-state index contributed by atoms with van der Waals surface area (Å²) in [7, 11) is 1.97. The van der Waals surface area contributed by atoms with Gasteiger partial charge in [-0.2, -0.15) is 5.10 Å². The number of benzene rings is 1. The van der Waals surface area contributed by atoms with Gasteiger partial charge in [0.15, 0.2) is 5.13 Å². The third-order valence-electron chi connectivity index (χ3n) is 4.29. The fourth-order valence-corrected chi connectivity index (χ4v) is 3.96. The number of nitrogens with zero attached hydrogens (tertiary/aromatic N) is 4. The highest BCUT2D eigenvalue weighted by Crippen LogP contribution is 2.29. The van der Waals surface area contributed by atoms with Gasteiger partial charge in [0.2, 0.25) is 0 Å². The van der Waals surface area contributed by atoms with Crippen LogP contribution in [-0.4, -0.2) is 32.8 Å². The van der Waals surface area contributed by atoms with Crippen molar-refractivity contribution in [2.45, 2.75) is 19.4 Å². The molecule has 0 amide bonds. The number of hydrogen-bond acceptors (Lipinski definition) is 5. The van der Waals surface area contributed by atoms with Crippen molar-refractivity contribution in [2.24, 2.45) is 7.05 Å². The molecule has 0 unspecified atom stereocenters. The minimum Gasteiger partial charge on any atom is -0.375 e. The molecule has 0 bridgehead atoms. The molecule has 0 saturated carbocycles. The molecule has 0 atom stereocenters. The Hall–Kier alpha value is -1.92. The lowest BCUT2D eigenvalue weighted by atomic mass is 10.0. The average Bonchev–Trinajstić information content (AvgIpc) is 2.99. The molecule has 114 valence electrons. The van der Waals surface area contributed by atoms with Crippen molar-refractivity contribution < 1.29 is 0 Å². The molecule has 5 nitrogen and oxygen atoms in total. The Labute approximate surface area is 133 Å². The van der Waals surface area contributed by atoms with Crippen molar-refractivity contribution in [3.63, 3.8) is 0 Å². The number of fused-ring (bicyclic) bond motifs is 2. The number of aromatic nitrogens is 3. The fourth-order valence-electron chi connectivity index (χ4n) is 3.18. The highest BCUT2D eigenvalue weighted by molar-refractivity contribution is 7.22. The zero-order chi connectivity index (χ0) is 15.1. The van der Waals surface area contributed by atoms with Crippen LogP contribution >= 0.6 is 11.3 Å². The number of aryl methyl sites for hydroxylation is 1. The average molecular weight is 317 g/mol. The summed E-state index contributed by atoms with van der Waals surface area (Å²) in [4.78, 5) is 6.92. The van der Waals surface area contributed by atoms with Gasteiger partial charge in [-0.3, -0.25) is 9.58 Å². The molecule has 0 aliphatic carbocycles. The van der Waals surface area contributed by atoms with E-state index in [0.29, 0.717) is 5.13 Å². The summed E-state index contributed by atoms with van der Waals surface area (Å²) in [6, 6.07) is 4.51. The van der Waals surface area contributed by atoms with Crippen molar-refractivity contribution in [3.8, 4) is 0 Å². The maximum Gasteiger partial charge on any atom is 0.181 e. The van der Waals surface area contributed by atoms with Crippen LogP contribution in [0.5, 0.6) is 0 Å². The van der Waals surface area contributed by atoms with Gasteiger partial charge in [0, 0.05) is 38.4 Å². The minimum absolute atomic E-state index is 0.661. The van der Waals surface area contributed by atoms with Crippen LogP contribution in [-0.2, 0) is 26.4 Å². The zero-order valence-corrected chi connectivity index (χ0v) is 13.4. The predicted octanol–water partition coefficient (Wildman–Crippen LogP) is 2.21. The van der Waals surface area contributed by atoms with Crippen molar-refractivity contribution >= 4 is 26.7 Å². The predicted molar refractivity (Wildman–Crippen MR) is 89.9 cm³/mol. The fraction of sp³-hybridized carbons (Fsp3) is 0.375. The van der Waals surface area contributed by atoms with E-state index in [1.54, 1.807) is 11.3 Å². The number of thiazole rings is 1. The molecule has 6 heteroatoms. The standard InChI is InChI=1S/C16H19N5S/c1-20-9-11(8-18-20)10-21-4-2-12-6-14-15(22-16(17)19-14)7-13(12)3-5-21/h6-9H,2-5,10H2,1H3,(H2,17,19)/i1+1,10+1,18+1,20+1. The van der Waals surface area contributed by atoms with E-state index in [4.69, 9.17) is 5.73 Å². The third-order valence-corrected chi connectivity index (χ3v) is 5.13. The molecule has 1 aliphatic heterocycles. The van der Waals surface area contributed by atoms with Crippen molar-refractivity contribution in [1.82, 2.24) is 19.7 Å². The summed E-state index contributed by atoms with van der Waals surface area (Å²) >= 11 is 1.58. The number of hydrogen-bond donors (Lipinski definition) is 1. The number of nitrogens with two attached hydrogens (primary N) is 1. The number of nitrogen functional groups attached to an aromatic ring is 1. The van der Waals surface area contributed by atoms with E-state index in [-0.39, 0.29) is 0 Å². The molecule has 3 heterocycles. The Balaban J connectivity index is 1.54. The van der Waals surface area contributed by atoms with Crippen LogP contribution in [0.2, 0.25) is 0 Å². The van der Waals surface area contributed by atoms with Crippen molar-refractivity contribution in [3.05, 3.63) is 41.2 Å². The van der Waals surface area contributed by atoms with E-state index >= 15 is 0 Å². The Morgan fingerprint density at radius 2 is 2.00 bits per heavy atom. The lowest BCUT2D eigenvalue weighted by Crippen LogP contribution is -2.25. The quantitative estimate of drug-likeness (QED) is 0.736. The Morgan fingerprint density at radius 1 is 1.23 bits per heavy atom. The van der Waals surface area contributed by atoms with Gasteiger partial charge in [-0.15, -0.1) is 0 Å². The van der Waals surface area contributed by atoms with Crippen LogP contribution in [0.15, 0.2) is 24.5 Å². The molecule has 3 aromatic rings. The van der Waals surface area contributed by atoms with Crippen LogP contribution < -0.4 is 5.73 Å². The molecule has 22 heavy (non-hydrogen) atoms. The molecular formula is C16H19N5S. The van der Waals surface area contributed by atoms with Gasteiger partial charge in [-0.25, -0.2) is 4.98 Å². The molecule has 0 saturated heterocycles. The highest BCUT2D eigenvalue weighted by atomic mass is 32.1. The van der Waals surface area contributed by atoms with Gasteiger partial charge >= 0.3 is 0 Å². The van der Waals surface area contributed by atoms with Gasteiger partial charge in [0.05, 0.1) is 16.4 Å². The van der Waals surface area contributed by atoms with E-state index in [1.807, 2.05) is 17.9 Å². The Morgan fingerprint density at radius 3 is 2.73 bits per heavy atom. The van der Waals surface area contributed by atoms with Gasteiger partial charge in [-0.05, 0) is 36.1 Å². The summed E-state index contributed by atoms with van der Waals surface area (Å²) in [6.07, 6.45) is 6.22. The summed E-state index contributed by atoms with van der Waals surface area (Å²) in [5.41, 5.74) is 11.0. The molecule has 4 rings (SSSR count). The van der Waals surface area contributed by atoms with E-state index in [1.165, 1.54) is 21.4 Å². The minimum atomic E-state index is 0.661. The second-order valence-electron chi connectivity index (χ2n) is 5.94. The van der Waals surface area contributed by atoms with E-state index < -0.39 is 0 Å². The summed E-state index contributed by atoms with van der Waals surface area (Å²) in [6.45, 7) is 3.14. The van der Waals surface area contributed by atoms with Crippen LogP contribution in [0.4, 0.5) is 5.13 Å². The maximum absolute atomic E-state index is 5.82. The second kappa shape index (κ2) is 5.37. The summed E-state index contributed by atoms with van der Waals surface area (Å²) in [5.74, 6) is 0. The van der Waals surface area contributed by atoms with Crippen LogP contribution in [0.25, 0.3) is 10.2 Å². The molecular weight excluding hydrogens is 298 g/mol. The normalized spacial score (nSPS) is 15.9. The Kier molecular flexibility index (Phi) is 3.35. The summed E-state index contributed by atoms with van der Waals surface area (Å²) < 4.78 is 3.07. The van der Waals surface area contributed by atoms with Crippen molar-refractivity contribution in [2.75, 3.05) is 18.8 Å². The smallest absolute Gasteiger partial charge is 0.181 e. The first-order valence-corrected chi connectivity index (χ1v) is 8.37. The largest absolute Gasteiger partial charge is 0.375 e. The van der Waals surface area contributed by atoms with Gasteiger partial charge in [0.1, 0.15) is 0 Å². The van der Waals surface area contributed by atoms with E-state index in [2.05, 4.69) is 33.3 Å². The summed E-state index contributed by atoms with van der Waals surface area (Å²) in [5, 5.41) is 4.92. The van der Waals surface area contributed by atoms with Gasteiger partial charge in [0.25, 0.3) is 0 Å². The maximum atomic E-state index is 5.82. The third kappa shape index (κ3) is 2.60. The topological polar surface area (TPSA) is 60.0 Å². The monoisotopic (exact) mass is 317 g/mol.